The molecule has 0 radical (unpaired) electrons. The van der Waals surface area contributed by atoms with Crippen molar-refractivity contribution in [2.45, 2.75) is 11.3 Å². The highest BCUT2D eigenvalue weighted by Crippen LogP contribution is 2.33. The Kier molecular flexibility index (Phi) is 6.58. The molecule has 2 rings (SSSR count). The Morgan fingerprint density at radius 1 is 1.27 bits per heavy atom. The first-order valence-corrected chi connectivity index (χ1v) is 8.96. The lowest BCUT2D eigenvalue weighted by molar-refractivity contribution is -0.118. The van der Waals surface area contributed by atoms with Crippen molar-refractivity contribution in [1.82, 2.24) is 10.2 Å². The molecule has 1 heterocycles. The first-order chi connectivity index (χ1) is 10.5. The highest BCUT2D eigenvalue weighted by atomic mass is 35.5. The molecule has 118 valence electrons. The first-order valence-electron chi connectivity index (χ1n) is 6.03. The number of rotatable bonds is 6. The summed E-state index contributed by atoms with van der Waals surface area (Å²) in [4.78, 5) is 11.8. The molecule has 0 saturated heterocycles. The number of aromatic nitrogens is 2. The van der Waals surface area contributed by atoms with Gasteiger partial charge in [0.2, 0.25) is 5.13 Å². The van der Waals surface area contributed by atoms with Gasteiger partial charge in [0.1, 0.15) is 5.75 Å². The molecule has 2 aromatic rings. The van der Waals surface area contributed by atoms with Crippen molar-refractivity contribution in [3.63, 3.8) is 0 Å². The van der Waals surface area contributed by atoms with Gasteiger partial charge in [-0.1, -0.05) is 64.8 Å². The Balaban J connectivity index is 1.91. The molecule has 1 amide bonds. The zero-order chi connectivity index (χ0) is 16.1. The molecule has 1 aromatic heterocycles. The van der Waals surface area contributed by atoms with Crippen LogP contribution in [0.3, 0.4) is 0 Å². The standard InChI is InChI=1S/C12H10Cl3N3O2S2/c1-2-21-12-18-17-11(22-12)16-10(19)5-20-9-4-7(14)6(13)3-8(9)15/h3-4H,2,5H2,1H3,(H,16,17,19). The monoisotopic (exact) mass is 397 g/mol. The number of anilines is 1. The molecule has 0 bridgehead atoms. The molecule has 1 aromatic carbocycles. The molecule has 22 heavy (non-hydrogen) atoms. The quantitative estimate of drug-likeness (QED) is 0.437. The van der Waals surface area contributed by atoms with Crippen molar-refractivity contribution in [1.29, 1.82) is 0 Å². The molecule has 0 saturated carbocycles. The minimum atomic E-state index is -0.369. The largest absolute Gasteiger partial charge is 0.482 e. The van der Waals surface area contributed by atoms with E-state index in [2.05, 4.69) is 15.5 Å². The average Bonchev–Trinajstić information content (AvgIpc) is 2.89. The number of nitrogens with zero attached hydrogens (tertiary/aromatic N) is 2. The van der Waals surface area contributed by atoms with E-state index in [0.29, 0.717) is 15.2 Å². The van der Waals surface area contributed by atoms with Crippen molar-refractivity contribution in [3.05, 3.63) is 27.2 Å². The zero-order valence-corrected chi connectivity index (χ0v) is 15.1. The fourth-order valence-corrected chi connectivity index (χ4v) is 3.61. The third kappa shape index (κ3) is 4.89. The Labute approximate surface area is 150 Å². The minimum absolute atomic E-state index is 0.229. The van der Waals surface area contributed by atoms with Gasteiger partial charge in [0.15, 0.2) is 10.9 Å². The lowest BCUT2D eigenvalue weighted by Crippen LogP contribution is -2.20. The van der Waals surface area contributed by atoms with E-state index in [1.54, 1.807) is 11.8 Å². The Hall–Kier alpha value is -0.730. The van der Waals surface area contributed by atoms with Crippen molar-refractivity contribution in [3.8, 4) is 5.75 Å². The maximum absolute atomic E-state index is 11.8. The second kappa shape index (κ2) is 8.21. The summed E-state index contributed by atoms with van der Waals surface area (Å²) in [6.07, 6.45) is 0. The van der Waals surface area contributed by atoms with E-state index >= 15 is 0 Å². The number of halogens is 3. The number of ether oxygens (including phenoxy) is 1. The van der Waals surface area contributed by atoms with Crippen molar-refractivity contribution < 1.29 is 9.53 Å². The third-order valence-electron chi connectivity index (χ3n) is 2.25. The van der Waals surface area contributed by atoms with Crippen LogP contribution in [0.1, 0.15) is 6.92 Å². The summed E-state index contributed by atoms with van der Waals surface area (Å²) in [6.45, 7) is 1.78. The topological polar surface area (TPSA) is 64.1 Å². The number of benzene rings is 1. The van der Waals surface area contributed by atoms with Gasteiger partial charge in [0, 0.05) is 6.07 Å². The van der Waals surface area contributed by atoms with Crippen molar-refractivity contribution in [2.24, 2.45) is 0 Å². The van der Waals surface area contributed by atoms with Gasteiger partial charge in [0.25, 0.3) is 5.91 Å². The van der Waals surface area contributed by atoms with E-state index in [1.807, 2.05) is 6.92 Å². The number of carbonyl (C=O) groups is 1. The van der Waals surface area contributed by atoms with Crippen LogP contribution in [0.25, 0.3) is 0 Å². The lowest BCUT2D eigenvalue weighted by atomic mass is 10.3. The zero-order valence-electron chi connectivity index (χ0n) is 11.2. The van der Waals surface area contributed by atoms with E-state index in [4.69, 9.17) is 39.5 Å². The van der Waals surface area contributed by atoms with Crippen molar-refractivity contribution >= 4 is 68.9 Å². The third-order valence-corrected chi connectivity index (χ3v) is 5.13. The van der Waals surface area contributed by atoms with Gasteiger partial charge in [0.05, 0.1) is 15.1 Å². The van der Waals surface area contributed by atoms with Crippen LogP contribution in [0.4, 0.5) is 5.13 Å². The predicted molar refractivity (Wildman–Crippen MR) is 91.9 cm³/mol. The molecule has 1 N–H and O–H groups in total. The van der Waals surface area contributed by atoms with Crippen LogP contribution in [0.5, 0.6) is 5.75 Å². The van der Waals surface area contributed by atoms with Gasteiger partial charge in [-0.3, -0.25) is 10.1 Å². The molecule has 0 spiro atoms. The second-order valence-corrected chi connectivity index (χ2v) is 7.55. The highest BCUT2D eigenvalue weighted by Gasteiger charge is 2.11. The molecular formula is C12H10Cl3N3O2S2. The Morgan fingerprint density at radius 2 is 2.00 bits per heavy atom. The summed E-state index contributed by atoms with van der Waals surface area (Å²) in [5.41, 5.74) is 0. The van der Waals surface area contributed by atoms with E-state index in [-0.39, 0.29) is 23.3 Å². The summed E-state index contributed by atoms with van der Waals surface area (Å²) in [6, 6.07) is 2.91. The molecule has 0 aliphatic carbocycles. The molecule has 0 aliphatic heterocycles. The van der Waals surface area contributed by atoms with E-state index in [9.17, 15) is 4.79 Å². The van der Waals surface area contributed by atoms with Gasteiger partial charge in [-0.25, -0.2) is 0 Å². The highest BCUT2D eigenvalue weighted by molar-refractivity contribution is 8.01. The molecule has 10 heteroatoms. The lowest BCUT2D eigenvalue weighted by Gasteiger charge is -2.08. The summed E-state index contributed by atoms with van der Waals surface area (Å²) in [5.74, 6) is 0.804. The predicted octanol–water partition coefficient (Wildman–Crippen LogP) is 4.63. The number of hydrogen-bond donors (Lipinski definition) is 1. The molecule has 0 unspecified atom stereocenters. The first kappa shape index (κ1) is 17.6. The van der Waals surface area contributed by atoms with Crippen LogP contribution in [-0.2, 0) is 4.79 Å². The fraction of sp³-hybridized carbons (Fsp3) is 0.250. The van der Waals surface area contributed by atoms with Crippen LogP contribution in [0, 0.1) is 0 Å². The Morgan fingerprint density at radius 3 is 2.73 bits per heavy atom. The Bertz CT molecular complexity index is 682. The molecule has 0 atom stereocenters. The molecule has 5 nitrogen and oxygen atoms in total. The van der Waals surface area contributed by atoms with Gasteiger partial charge >= 0.3 is 0 Å². The van der Waals surface area contributed by atoms with Gasteiger partial charge in [-0.05, 0) is 11.8 Å². The summed E-state index contributed by atoms with van der Waals surface area (Å²) < 4.78 is 6.12. The maximum Gasteiger partial charge on any atom is 0.264 e. The minimum Gasteiger partial charge on any atom is -0.482 e. The number of nitrogens with one attached hydrogen (secondary N) is 1. The van der Waals surface area contributed by atoms with Crippen LogP contribution in [0.15, 0.2) is 16.5 Å². The summed E-state index contributed by atoms with van der Waals surface area (Å²) in [5, 5.41) is 11.7. The van der Waals surface area contributed by atoms with E-state index < -0.39 is 0 Å². The average molecular weight is 399 g/mol. The number of thioether (sulfide) groups is 1. The second-order valence-electron chi connectivity index (χ2n) is 3.84. The summed E-state index contributed by atoms with van der Waals surface area (Å²) >= 11 is 20.5. The van der Waals surface area contributed by atoms with Crippen LogP contribution < -0.4 is 10.1 Å². The van der Waals surface area contributed by atoms with Crippen LogP contribution in [0.2, 0.25) is 15.1 Å². The van der Waals surface area contributed by atoms with E-state index in [0.717, 1.165) is 10.1 Å². The molecule has 0 aliphatic rings. The fourth-order valence-electron chi connectivity index (χ4n) is 1.36. The van der Waals surface area contributed by atoms with Gasteiger partial charge < -0.3 is 4.74 Å². The smallest absolute Gasteiger partial charge is 0.264 e. The number of amides is 1. The molecular weight excluding hydrogens is 389 g/mol. The number of hydrogen-bond acceptors (Lipinski definition) is 6. The maximum atomic E-state index is 11.8. The summed E-state index contributed by atoms with van der Waals surface area (Å²) in [7, 11) is 0. The van der Waals surface area contributed by atoms with Gasteiger partial charge in [-0.15, -0.1) is 10.2 Å². The SMILES string of the molecule is CCSc1nnc(NC(=O)COc2cc(Cl)c(Cl)cc2Cl)s1. The van der Waals surface area contributed by atoms with Crippen molar-refractivity contribution in [2.75, 3.05) is 17.7 Å². The normalized spacial score (nSPS) is 10.5. The van der Waals surface area contributed by atoms with Crippen LogP contribution in [-0.4, -0.2) is 28.5 Å². The number of carbonyl (C=O) groups excluding carboxylic acids is 1. The molecule has 0 fully saturated rings. The van der Waals surface area contributed by atoms with Gasteiger partial charge in [-0.2, -0.15) is 0 Å². The van der Waals surface area contributed by atoms with Crippen LogP contribution >= 0.6 is 57.9 Å². The van der Waals surface area contributed by atoms with E-state index in [1.165, 1.54) is 23.5 Å².